The lowest BCUT2D eigenvalue weighted by molar-refractivity contribution is 0.285. The molecule has 0 amide bonds. The van der Waals surface area contributed by atoms with Crippen LogP contribution < -0.4 is 5.32 Å². The first-order chi connectivity index (χ1) is 6.90. The largest absolute Gasteiger partial charge is 0.396 e. The summed E-state index contributed by atoms with van der Waals surface area (Å²) in [6, 6.07) is 2.03. The number of aliphatic hydroxyl groups is 1. The zero-order valence-electron chi connectivity index (χ0n) is 8.20. The molecule has 2 N–H and O–H groups in total. The second kappa shape index (κ2) is 4.57. The lowest BCUT2D eigenvalue weighted by atomic mass is 10.3. The summed E-state index contributed by atoms with van der Waals surface area (Å²) in [7, 11) is 0. The highest BCUT2D eigenvalue weighted by Gasteiger charge is 2.27. The predicted molar refractivity (Wildman–Crippen MR) is 51.9 cm³/mol. The van der Waals surface area contributed by atoms with Gasteiger partial charge in [-0.15, -0.1) is 0 Å². The maximum Gasteiger partial charge on any atom is 0.140 e. The van der Waals surface area contributed by atoms with Crippen molar-refractivity contribution in [3.8, 4) is 0 Å². The summed E-state index contributed by atoms with van der Waals surface area (Å²) in [5.74, 6) is 1.66. The quantitative estimate of drug-likeness (QED) is 0.667. The van der Waals surface area contributed by atoms with E-state index in [9.17, 15) is 0 Å². The summed E-state index contributed by atoms with van der Waals surface area (Å²) in [4.78, 5) is 0. The Morgan fingerprint density at radius 2 is 2.43 bits per heavy atom. The average molecular weight is 196 g/mol. The van der Waals surface area contributed by atoms with Crippen molar-refractivity contribution in [2.24, 2.45) is 0 Å². The van der Waals surface area contributed by atoms with E-state index in [1.54, 1.807) is 0 Å². The molecule has 0 unspecified atom stereocenters. The van der Waals surface area contributed by atoms with Crippen molar-refractivity contribution in [1.82, 2.24) is 10.5 Å². The highest BCUT2D eigenvalue weighted by atomic mass is 16.5. The first kappa shape index (κ1) is 9.68. The maximum absolute atomic E-state index is 8.57. The SMILES string of the molecule is OCCCNCc1cc(C2CC2)on1. The number of aromatic nitrogens is 1. The third-order valence-electron chi connectivity index (χ3n) is 2.37. The highest BCUT2D eigenvalue weighted by Crippen LogP contribution is 2.40. The van der Waals surface area contributed by atoms with E-state index in [0.717, 1.165) is 31.0 Å². The minimum absolute atomic E-state index is 0.235. The molecule has 1 fully saturated rings. The summed E-state index contributed by atoms with van der Waals surface area (Å²) < 4.78 is 5.21. The summed E-state index contributed by atoms with van der Waals surface area (Å²) in [5, 5.41) is 15.7. The maximum atomic E-state index is 8.57. The molecule has 1 heterocycles. The third-order valence-corrected chi connectivity index (χ3v) is 2.37. The van der Waals surface area contributed by atoms with Crippen LogP contribution in [0.5, 0.6) is 0 Å². The molecule has 0 radical (unpaired) electrons. The van der Waals surface area contributed by atoms with Crippen LogP contribution in [0.2, 0.25) is 0 Å². The molecule has 0 saturated heterocycles. The van der Waals surface area contributed by atoms with Gasteiger partial charge in [0.1, 0.15) is 5.76 Å². The molecule has 14 heavy (non-hydrogen) atoms. The summed E-state index contributed by atoms with van der Waals surface area (Å²) >= 11 is 0. The van der Waals surface area contributed by atoms with Crippen LogP contribution in [0.1, 0.15) is 36.6 Å². The van der Waals surface area contributed by atoms with Crippen LogP contribution in [0.4, 0.5) is 0 Å². The molecule has 78 valence electrons. The molecule has 0 bridgehead atoms. The van der Waals surface area contributed by atoms with Gasteiger partial charge in [0.05, 0.1) is 5.69 Å². The lowest BCUT2D eigenvalue weighted by Gasteiger charge is -1.98. The van der Waals surface area contributed by atoms with Crippen LogP contribution in [-0.2, 0) is 6.54 Å². The van der Waals surface area contributed by atoms with Gasteiger partial charge in [-0.1, -0.05) is 5.16 Å². The first-order valence-electron chi connectivity index (χ1n) is 5.17. The number of nitrogens with zero attached hydrogens (tertiary/aromatic N) is 1. The van der Waals surface area contributed by atoms with E-state index in [-0.39, 0.29) is 6.61 Å². The Morgan fingerprint density at radius 3 is 3.14 bits per heavy atom. The van der Waals surface area contributed by atoms with Crippen molar-refractivity contribution in [3.63, 3.8) is 0 Å². The molecule has 1 saturated carbocycles. The van der Waals surface area contributed by atoms with Crippen molar-refractivity contribution >= 4 is 0 Å². The molecule has 1 aliphatic rings. The van der Waals surface area contributed by atoms with Crippen molar-refractivity contribution < 1.29 is 9.63 Å². The van der Waals surface area contributed by atoms with E-state index in [1.807, 2.05) is 6.07 Å². The Hall–Kier alpha value is -0.870. The first-order valence-corrected chi connectivity index (χ1v) is 5.17. The molecule has 4 heteroatoms. The van der Waals surface area contributed by atoms with Gasteiger partial charge in [0, 0.05) is 25.1 Å². The fraction of sp³-hybridized carbons (Fsp3) is 0.700. The Labute approximate surface area is 83.3 Å². The fourth-order valence-corrected chi connectivity index (χ4v) is 1.39. The van der Waals surface area contributed by atoms with Gasteiger partial charge < -0.3 is 14.9 Å². The Bertz CT molecular complexity index is 281. The van der Waals surface area contributed by atoms with Gasteiger partial charge in [0.25, 0.3) is 0 Å². The summed E-state index contributed by atoms with van der Waals surface area (Å²) in [5.41, 5.74) is 0.963. The Balaban J connectivity index is 1.72. The van der Waals surface area contributed by atoms with E-state index in [2.05, 4.69) is 10.5 Å². The summed E-state index contributed by atoms with van der Waals surface area (Å²) in [6.45, 7) is 1.79. The van der Waals surface area contributed by atoms with Crippen LogP contribution in [0.15, 0.2) is 10.6 Å². The Morgan fingerprint density at radius 1 is 1.57 bits per heavy atom. The molecular weight excluding hydrogens is 180 g/mol. The number of rotatable bonds is 6. The van der Waals surface area contributed by atoms with Gasteiger partial charge >= 0.3 is 0 Å². The normalized spacial score (nSPS) is 16.1. The molecule has 1 aromatic rings. The van der Waals surface area contributed by atoms with Crippen molar-refractivity contribution in [2.75, 3.05) is 13.2 Å². The smallest absolute Gasteiger partial charge is 0.140 e. The van der Waals surface area contributed by atoms with E-state index in [1.165, 1.54) is 12.8 Å². The standard InChI is InChI=1S/C10H16N2O2/c13-5-1-4-11-7-9-6-10(14-12-9)8-2-3-8/h6,8,11,13H,1-5,7H2. The van der Waals surface area contributed by atoms with E-state index < -0.39 is 0 Å². The molecule has 1 aliphatic carbocycles. The number of hydrogen-bond acceptors (Lipinski definition) is 4. The minimum atomic E-state index is 0.235. The molecule has 0 spiro atoms. The monoisotopic (exact) mass is 196 g/mol. The van der Waals surface area contributed by atoms with Gasteiger partial charge in [0.15, 0.2) is 0 Å². The van der Waals surface area contributed by atoms with Crippen LogP contribution in [0, 0.1) is 0 Å². The van der Waals surface area contributed by atoms with E-state index in [4.69, 9.17) is 9.63 Å². The van der Waals surface area contributed by atoms with Crippen molar-refractivity contribution in [3.05, 3.63) is 17.5 Å². The number of aliphatic hydroxyl groups excluding tert-OH is 1. The van der Waals surface area contributed by atoms with Crippen molar-refractivity contribution in [1.29, 1.82) is 0 Å². The van der Waals surface area contributed by atoms with Crippen LogP contribution in [0.25, 0.3) is 0 Å². The molecule has 1 aromatic heterocycles. The fourth-order valence-electron chi connectivity index (χ4n) is 1.39. The Kier molecular flexibility index (Phi) is 3.16. The predicted octanol–water partition coefficient (Wildman–Crippen LogP) is 1.02. The van der Waals surface area contributed by atoms with E-state index >= 15 is 0 Å². The third kappa shape index (κ3) is 2.56. The average Bonchev–Trinajstić information content (AvgIpc) is 2.94. The van der Waals surface area contributed by atoms with Gasteiger partial charge in [-0.3, -0.25) is 0 Å². The van der Waals surface area contributed by atoms with Crippen LogP contribution in [0.3, 0.4) is 0 Å². The zero-order valence-corrected chi connectivity index (χ0v) is 8.20. The molecule has 4 nitrogen and oxygen atoms in total. The molecule has 0 aliphatic heterocycles. The lowest BCUT2D eigenvalue weighted by Crippen LogP contribution is -2.15. The molecule has 2 rings (SSSR count). The van der Waals surface area contributed by atoms with Crippen LogP contribution in [-0.4, -0.2) is 23.4 Å². The molecule has 0 aromatic carbocycles. The zero-order chi connectivity index (χ0) is 9.80. The minimum Gasteiger partial charge on any atom is -0.396 e. The summed E-state index contributed by atoms with van der Waals surface area (Å²) in [6.07, 6.45) is 3.27. The van der Waals surface area contributed by atoms with E-state index in [0.29, 0.717) is 5.92 Å². The van der Waals surface area contributed by atoms with Gasteiger partial charge in [-0.05, 0) is 25.8 Å². The molecule has 0 atom stereocenters. The van der Waals surface area contributed by atoms with Crippen molar-refractivity contribution in [2.45, 2.75) is 31.7 Å². The number of nitrogens with one attached hydrogen (secondary N) is 1. The van der Waals surface area contributed by atoms with Gasteiger partial charge in [0.2, 0.25) is 0 Å². The molecular formula is C10H16N2O2. The highest BCUT2D eigenvalue weighted by molar-refractivity contribution is 5.14. The van der Waals surface area contributed by atoms with Crippen LogP contribution >= 0.6 is 0 Å². The topological polar surface area (TPSA) is 58.3 Å². The van der Waals surface area contributed by atoms with Gasteiger partial charge in [-0.2, -0.15) is 0 Å². The van der Waals surface area contributed by atoms with Gasteiger partial charge in [-0.25, -0.2) is 0 Å². The number of hydrogen-bond donors (Lipinski definition) is 2. The second-order valence-corrected chi connectivity index (χ2v) is 3.75. The second-order valence-electron chi connectivity index (χ2n) is 3.75.